The monoisotopic (exact) mass is 419 g/mol. The summed E-state index contributed by atoms with van der Waals surface area (Å²) >= 11 is 0. The van der Waals surface area contributed by atoms with Crippen LogP contribution in [0.1, 0.15) is 31.0 Å². The lowest BCUT2D eigenvalue weighted by atomic mass is 10.2. The Hall–Kier alpha value is -3.30. The number of alkyl halides is 3. The van der Waals surface area contributed by atoms with Crippen molar-refractivity contribution in [2.24, 2.45) is 7.05 Å². The number of nitrogens with zero attached hydrogens (tertiary/aromatic N) is 5. The van der Waals surface area contributed by atoms with Crippen LogP contribution in [0.15, 0.2) is 40.1 Å². The standard InChI is InChI=1S/C20H20F3N5O2/c1-4-5-10-26-17(29)15-16(25(3)19(26)30)24-18-27(15)11-12(2)28(18)14-8-6-13(7-9-14)20(21,22)23/h6-9,11H,4-5,10H2,1-3H3. The van der Waals surface area contributed by atoms with Crippen LogP contribution in [-0.4, -0.2) is 23.1 Å². The fourth-order valence-corrected chi connectivity index (χ4v) is 3.64. The molecule has 0 spiro atoms. The van der Waals surface area contributed by atoms with Crippen molar-refractivity contribution in [1.29, 1.82) is 0 Å². The maximum Gasteiger partial charge on any atom is 0.416 e. The first-order chi connectivity index (χ1) is 14.1. The van der Waals surface area contributed by atoms with Crippen LogP contribution in [0.5, 0.6) is 0 Å². The number of rotatable bonds is 4. The van der Waals surface area contributed by atoms with Crippen molar-refractivity contribution < 1.29 is 13.2 Å². The van der Waals surface area contributed by atoms with E-state index >= 15 is 0 Å². The largest absolute Gasteiger partial charge is 0.416 e. The Morgan fingerprint density at radius 3 is 2.37 bits per heavy atom. The zero-order chi connectivity index (χ0) is 21.8. The summed E-state index contributed by atoms with van der Waals surface area (Å²) in [4.78, 5) is 30.2. The summed E-state index contributed by atoms with van der Waals surface area (Å²) in [5.41, 5.74) is 0.0277. The smallest absolute Gasteiger partial charge is 0.283 e. The van der Waals surface area contributed by atoms with Gasteiger partial charge in [0.25, 0.3) is 5.56 Å². The minimum Gasteiger partial charge on any atom is -0.283 e. The second-order valence-corrected chi connectivity index (χ2v) is 7.26. The van der Waals surface area contributed by atoms with E-state index in [1.165, 1.54) is 21.3 Å². The number of hydrogen-bond donors (Lipinski definition) is 0. The van der Waals surface area contributed by atoms with Gasteiger partial charge >= 0.3 is 11.9 Å². The molecule has 7 nitrogen and oxygen atoms in total. The van der Waals surface area contributed by atoms with E-state index in [1.54, 1.807) is 29.1 Å². The van der Waals surface area contributed by atoms with Crippen molar-refractivity contribution in [1.82, 2.24) is 23.1 Å². The molecule has 0 fully saturated rings. The summed E-state index contributed by atoms with van der Waals surface area (Å²) in [6.07, 6.45) is -1.21. The van der Waals surface area contributed by atoms with Crippen molar-refractivity contribution >= 4 is 16.9 Å². The lowest BCUT2D eigenvalue weighted by Gasteiger charge is -2.09. The Bertz CT molecular complexity index is 1370. The molecule has 158 valence electrons. The first-order valence-corrected chi connectivity index (χ1v) is 9.52. The number of halogens is 3. The Morgan fingerprint density at radius 1 is 1.10 bits per heavy atom. The van der Waals surface area contributed by atoms with E-state index in [4.69, 9.17) is 0 Å². The quantitative estimate of drug-likeness (QED) is 0.510. The van der Waals surface area contributed by atoms with Gasteiger partial charge in [0.05, 0.1) is 5.56 Å². The highest BCUT2D eigenvalue weighted by molar-refractivity contribution is 5.76. The third-order valence-electron chi connectivity index (χ3n) is 5.21. The Kier molecular flexibility index (Phi) is 4.59. The molecule has 0 aliphatic carbocycles. The average molecular weight is 419 g/mol. The van der Waals surface area contributed by atoms with Crippen molar-refractivity contribution in [2.45, 2.75) is 39.4 Å². The van der Waals surface area contributed by atoms with E-state index in [0.29, 0.717) is 30.1 Å². The van der Waals surface area contributed by atoms with Crippen molar-refractivity contribution in [2.75, 3.05) is 0 Å². The highest BCUT2D eigenvalue weighted by Gasteiger charge is 2.30. The van der Waals surface area contributed by atoms with Gasteiger partial charge in [0.15, 0.2) is 11.2 Å². The van der Waals surface area contributed by atoms with Crippen LogP contribution in [0.3, 0.4) is 0 Å². The normalized spacial score (nSPS) is 12.3. The van der Waals surface area contributed by atoms with Gasteiger partial charge in [-0.1, -0.05) is 13.3 Å². The van der Waals surface area contributed by atoms with Crippen molar-refractivity contribution in [3.05, 3.63) is 62.6 Å². The molecule has 0 atom stereocenters. The van der Waals surface area contributed by atoms with E-state index in [0.717, 1.165) is 18.6 Å². The van der Waals surface area contributed by atoms with Crippen molar-refractivity contribution in [3.8, 4) is 5.69 Å². The third kappa shape index (κ3) is 2.94. The molecular formula is C20H20F3N5O2. The molecule has 30 heavy (non-hydrogen) atoms. The van der Waals surface area contributed by atoms with Gasteiger partial charge in [-0.15, -0.1) is 0 Å². The molecule has 0 unspecified atom stereocenters. The van der Waals surface area contributed by atoms with E-state index in [9.17, 15) is 22.8 Å². The molecule has 1 aromatic carbocycles. The van der Waals surface area contributed by atoms with Crippen LogP contribution in [0.4, 0.5) is 13.2 Å². The second kappa shape index (κ2) is 6.89. The predicted octanol–water partition coefficient (Wildman–Crippen LogP) is 3.27. The number of benzene rings is 1. The molecule has 0 radical (unpaired) electrons. The van der Waals surface area contributed by atoms with Gasteiger partial charge in [-0.2, -0.15) is 18.2 Å². The van der Waals surface area contributed by atoms with E-state index in [1.807, 2.05) is 6.92 Å². The zero-order valence-corrected chi connectivity index (χ0v) is 16.7. The molecule has 0 N–H and O–H groups in total. The number of unbranched alkanes of at least 4 members (excludes halogenated alkanes) is 1. The fraction of sp³-hybridized carbons (Fsp3) is 0.350. The number of aromatic nitrogens is 5. The minimum absolute atomic E-state index is 0.230. The van der Waals surface area contributed by atoms with Gasteiger partial charge in [-0.05, 0) is 37.6 Å². The third-order valence-corrected chi connectivity index (χ3v) is 5.21. The Morgan fingerprint density at radius 2 is 1.77 bits per heavy atom. The number of fused-ring (bicyclic) bond motifs is 3. The Labute approximate surface area is 168 Å². The second-order valence-electron chi connectivity index (χ2n) is 7.26. The molecule has 0 aliphatic rings. The maximum absolute atomic E-state index is 13.0. The summed E-state index contributed by atoms with van der Waals surface area (Å²) in [5, 5.41) is 0. The van der Waals surface area contributed by atoms with Crippen LogP contribution < -0.4 is 11.2 Å². The first-order valence-electron chi connectivity index (χ1n) is 9.52. The zero-order valence-electron chi connectivity index (χ0n) is 16.7. The van der Waals surface area contributed by atoms with Gasteiger partial charge in [-0.25, -0.2) is 4.79 Å². The summed E-state index contributed by atoms with van der Waals surface area (Å²) in [7, 11) is 1.55. The molecule has 3 aromatic heterocycles. The molecular weight excluding hydrogens is 399 g/mol. The number of aryl methyl sites for hydroxylation is 2. The molecule has 0 saturated carbocycles. The van der Waals surface area contributed by atoms with Gasteiger partial charge in [0.1, 0.15) is 0 Å². The van der Waals surface area contributed by atoms with Gasteiger partial charge in [0, 0.05) is 31.2 Å². The van der Waals surface area contributed by atoms with Gasteiger partial charge in [0.2, 0.25) is 5.78 Å². The summed E-state index contributed by atoms with van der Waals surface area (Å²) in [6, 6.07) is 4.71. The van der Waals surface area contributed by atoms with Crippen molar-refractivity contribution in [3.63, 3.8) is 0 Å². The van der Waals surface area contributed by atoms with E-state index < -0.39 is 23.0 Å². The van der Waals surface area contributed by atoms with Crippen LogP contribution in [0.25, 0.3) is 22.6 Å². The maximum atomic E-state index is 13.0. The highest BCUT2D eigenvalue weighted by Crippen LogP contribution is 2.30. The lowest BCUT2D eigenvalue weighted by molar-refractivity contribution is -0.137. The fourth-order valence-electron chi connectivity index (χ4n) is 3.64. The molecule has 0 amide bonds. The predicted molar refractivity (Wildman–Crippen MR) is 106 cm³/mol. The molecule has 0 aliphatic heterocycles. The molecule has 4 aromatic rings. The van der Waals surface area contributed by atoms with E-state index in [-0.39, 0.29) is 11.2 Å². The molecule has 0 bridgehead atoms. The van der Waals surface area contributed by atoms with Crippen LogP contribution in [-0.2, 0) is 19.8 Å². The lowest BCUT2D eigenvalue weighted by Crippen LogP contribution is -2.39. The topological polar surface area (TPSA) is 66.2 Å². The van der Waals surface area contributed by atoms with Crippen LogP contribution >= 0.6 is 0 Å². The molecule has 3 heterocycles. The summed E-state index contributed by atoms with van der Waals surface area (Å²) in [5.74, 6) is 0.350. The molecule has 10 heteroatoms. The average Bonchev–Trinajstić information content (AvgIpc) is 3.20. The number of hydrogen-bond acceptors (Lipinski definition) is 3. The van der Waals surface area contributed by atoms with E-state index in [2.05, 4.69) is 4.98 Å². The Balaban J connectivity index is 1.98. The van der Waals surface area contributed by atoms with Crippen LogP contribution in [0, 0.1) is 6.92 Å². The summed E-state index contributed by atoms with van der Waals surface area (Å²) in [6.45, 7) is 4.05. The highest BCUT2D eigenvalue weighted by atomic mass is 19.4. The first kappa shape index (κ1) is 20.0. The van der Waals surface area contributed by atoms with Gasteiger partial charge < -0.3 is 0 Å². The summed E-state index contributed by atoms with van der Waals surface area (Å²) < 4.78 is 44.4. The molecule has 0 saturated heterocycles. The number of imidazole rings is 2. The van der Waals surface area contributed by atoms with Gasteiger partial charge in [-0.3, -0.25) is 22.9 Å². The minimum atomic E-state index is -4.43. The van der Waals surface area contributed by atoms with Crippen LogP contribution in [0.2, 0.25) is 0 Å². The SMILES string of the molecule is CCCCn1c(=O)c2c(nc3n(-c4ccc(C(F)(F)F)cc4)c(C)cn23)n(C)c1=O. The molecule has 4 rings (SSSR count).